The maximum atomic E-state index is 5.30. The summed E-state index contributed by atoms with van der Waals surface area (Å²) < 4.78 is 0. The quantitative estimate of drug-likeness (QED) is 0.597. The number of nitrogens with one attached hydrogen (secondary N) is 1. The Morgan fingerprint density at radius 2 is 2.00 bits per heavy atom. The van der Waals surface area contributed by atoms with Gasteiger partial charge < -0.3 is 4.90 Å². The molecule has 0 saturated carbocycles. The van der Waals surface area contributed by atoms with Crippen LogP contribution in [0.15, 0.2) is 0 Å². The van der Waals surface area contributed by atoms with Gasteiger partial charge in [0.05, 0.1) is 0 Å². The van der Waals surface area contributed by atoms with E-state index in [1.807, 2.05) is 0 Å². The van der Waals surface area contributed by atoms with Crippen LogP contribution in [0.25, 0.3) is 0 Å². The van der Waals surface area contributed by atoms with E-state index in [9.17, 15) is 0 Å². The molecule has 0 radical (unpaired) electrons. The number of halogens is 1. The van der Waals surface area contributed by atoms with Crippen molar-refractivity contribution in [2.24, 2.45) is 0 Å². The third-order valence-electron chi connectivity index (χ3n) is 1.72. The van der Waals surface area contributed by atoms with Crippen LogP contribution < -0.4 is 4.84 Å². The van der Waals surface area contributed by atoms with Crippen molar-refractivity contribution in [1.82, 2.24) is 9.74 Å². The molecule has 3 heteroatoms. The van der Waals surface area contributed by atoms with E-state index in [0.717, 1.165) is 13.1 Å². The van der Waals surface area contributed by atoms with Gasteiger partial charge in [-0.3, -0.25) is 0 Å². The van der Waals surface area contributed by atoms with Gasteiger partial charge in [-0.25, -0.2) is 4.84 Å². The molecular formula is C6H13ClN2. The summed E-state index contributed by atoms with van der Waals surface area (Å²) in [6, 6.07) is 0. The Hall–Kier alpha value is 0.210. The topological polar surface area (TPSA) is 15.3 Å². The van der Waals surface area contributed by atoms with E-state index in [0.29, 0.717) is 0 Å². The maximum absolute atomic E-state index is 5.30. The number of likely N-dealkylation sites (tertiary alicyclic amines) is 1. The zero-order valence-electron chi connectivity index (χ0n) is 5.57. The van der Waals surface area contributed by atoms with Gasteiger partial charge in [-0.2, -0.15) is 0 Å². The highest BCUT2D eigenvalue weighted by Gasteiger charge is 2.09. The monoisotopic (exact) mass is 148 g/mol. The second-order valence-corrected chi connectivity index (χ2v) is 2.70. The van der Waals surface area contributed by atoms with Crippen LogP contribution >= 0.6 is 11.8 Å². The van der Waals surface area contributed by atoms with Crippen molar-refractivity contribution in [1.29, 1.82) is 0 Å². The molecule has 54 valence electrons. The first-order valence-corrected chi connectivity index (χ1v) is 3.87. The third-order valence-corrected chi connectivity index (χ3v) is 1.91. The molecule has 1 aliphatic heterocycles. The summed E-state index contributed by atoms with van der Waals surface area (Å²) in [6.07, 6.45) is 2.73. The Balaban J connectivity index is 1.98. The van der Waals surface area contributed by atoms with Gasteiger partial charge in [0.15, 0.2) is 0 Å². The van der Waals surface area contributed by atoms with Crippen LogP contribution in [0, 0.1) is 0 Å². The van der Waals surface area contributed by atoms with Gasteiger partial charge in [-0.15, -0.1) is 0 Å². The highest BCUT2D eigenvalue weighted by Crippen LogP contribution is 2.05. The molecule has 2 nitrogen and oxygen atoms in total. The Morgan fingerprint density at radius 3 is 2.56 bits per heavy atom. The average Bonchev–Trinajstić information content (AvgIpc) is 2.34. The van der Waals surface area contributed by atoms with E-state index in [-0.39, 0.29) is 0 Å². The average molecular weight is 149 g/mol. The molecule has 0 unspecified atom stereocenters. The zero-order valence-corrected chi connectivity index (χ0v) is 6.32. The van der Waals surface area contributed by atoms with Crippen molar-refractivity contribution >= 4 is 11.8 Å². The summed E-state index contributed by atoms with van der Waals surface area (Å²) in [4.78, 5) is 5.05. The number of nitrogens with zero attached hydrogens (tertiary/aromatic N) is 1. The van der Waals surface area contributed by atoms with Gasteiger partial charge >= 0.3 is 0 Å². The third kappa shape index (κ3) is 2.52. The zero-order chi connectivity index (χ0) is 6.53. The Kier molecular flexibility index (Phi) is 3.33. The van der Waals surface area contributed by atoms with E-state index >= 15 is 0 Å². The summed E-state index contributed by atoms with van der Waals surface area (Å²) in [7, 11) is 0. The van der Waals surface area contributed by atoms with E-state index in [4.69, 9.17) is 11.8 Å². The lowest BCUT2D eigenvalue weighted by Gasteiger charge is -2.12. The molecule has 1 aliphatic rings. The molecule has 1 rings (SSSR count). The molecule has 0 bridgehead atoms. The van der Waals surface area contributed by atoms with Crippen LogP contribution in [0.3, 0.4) is 0 Å². The van der Waals surface area contributed by atoms with Crippen molar-refractivity contribution in [3.05, 3.63) is 0 Å². The van der Waals surface area contributed by atoms with Gasteiger partial charge in [-0.05, 0) is 37.7 Å². The first kappa shape index (κ1) is 7.32. The molecule has 0 amide bonds. The number of hydrogen-bond acceptors (Lipinski definition) is 2. The normalized spacial score (nSPS) is 21.0. The minimum absolute atomic E-state index is 0.904. The molecule has 0 atom stereocenters. The number of hydrogen-bond donors (Lipinski definition) is 1. The Bertz CT molecular complexity index is 71.5. The summed E-state index contributed by atoms with van der Waals surface area (Å²) in [5, 5.41) is 0. The largest absolute Gasteiger partial charge is 0.302 e. The highest BCUT2D eigenvalue weighted by molar-refractivity contribution is 6.13. The lowest BCUT2D eigenvalue weighted by molar-refractivity contribution is 0.345. The molecule has 0 aliphatic carbocycles. The van der Waals surface area contributed by atoms with Gasteiger partial charge in [0.25, 0.3) is 0 Å². The van der Waals surface area contributed by atoms with Crippen molar-refractivity contribution in [2.75, 3.05) is 26.2 Å². The smallest absolute Gasteiger partial charge is 0.0236 e. The minimum Gasteiger partial charge on any atom is -0.302 e. The molecule has 1 heterocycles. The summed E-state index contributed by atoms with van der Waals surface area (Å²) >= 11 is 5.30. The fourth-order valence-electron chi connectivity index (χ4n) is 1.21. The molecule has 1 N–H and O–H groups in total. The molecule has 0 aromatic rings. The van der Waals surface area contributed by atoms with Gasteiger partial charge in [-0.1, -0.05) is 0 Å². The number of rotatable bonds is 3. The van der Waals surface area contributed by atoms with Crippen LogP contribution in [-0.4, -0.2) is 31.1 Å². The summed E-state index contributed by atoms with van der Waals surface area (Å²) in [6.45, 7) is 4.53. The Morgan fingerprint density at radius 1 is 1.33 bits per heavy atom. The van der Waals surface area contributed by atoms with E-state index in [1.54, 1.807) is 0 Å². The first-order chi connectivity index (χ1) is 4.43. The molecule has 1 fully saturated rings. The fourth-order valence-corrected chi connectivity index (χ4v) is 1.29. The molecular weight excluding hydrogens is 136 g/mol. The Labute approximate surface area is 61.3 Å². The molecule has 0 spiro atoms. The van der Waals surface area contributed by atoms with Crippen LogP contribution in [0.2, 0.25) is 0 Å². The van der Waals surface area contributed by atoms with Crippen LogP contribution in [0.4, 0.5) is 0 Å². The summed E-state index contributed by atoms with van der Waals surface area (Å²) in [5.74, 6) is 0. The first-order valence-electron chi connectivity index (χ1n) is 3.49. The molecule has 0 aromatic heterocycles. The van der Waals surface area contributed by atoms with Crippen molar-refractivity contribution < 1.29 is 0 Å². The van der Waals surface area contributed by atoms with Crippen LogP contribution in [0.5, 0.6) is 0 Å². The fraction of sp³-hybridized carbons (Fsp3) is 1.00. The standard InChI is InChI=1S/C6H13ClN2/c7-8-3-6-9-4-1-2-5-9/h8H,1-6H2. The van der Waals surface area contributed by atoms with E-state index in [1.165, 1.54) is 25.9 Å². The van der Waals surface area contributed by atoms with Gasteiger partial charge in [0.1, 0.15) is 0 Å². The predicted molar refractivity (Wildman–Crippen MR) is 39.5 cm³/mol. The minimum atomic E-state index is 0.904. The van der Waals surface area contributed by atoms with E-state index < -0.39 is 0 Å². The van der Waals surface area contributed by atoms with Crippen molar-refractivity contribution in [3.63, 3.8) is 0 Å². The summed E-state index contributed by atoms with van der Waals surface area (Å²) in [5.41, 5.74) is 0. The molecule has 0 aromatic carbocycles. The molecule has 9 heavy (non-hydrogen) atoms. The predicted octanol–water partition coefficient (Wildman–Crippen LogP) is 0.826. The molecule has 1 saturated heterocycles. The lowest BCUT2D eigenvalue weighted by atomic mass is 10.4. The van der Waals surface area contributed by atoms with Crippen molar-refractivity contribution in [3.8, 4) is 0 Å². The second-order valence-electron chi connectivity index (χ2n) is 2.43. The van der Waals surface area contributed by atoms with Crippen LogP contribution in [0.1, 0.15) is 12.8 Å². The SMILES string of the molecule is ClNCCN1CCCC1. The maximum Gasteiger partial charge on any atom is 0.0236 e. The van der Waals surface area contributed by atoms with Crippen LogP contribution in [-0.2, 0) is 0 Å². The van der Waals surface area contributed by atoms with Crippen molar-refractivity contribution in [2.45, 2.75) is 12.8 Å². The highest BCUT2D eigenvalue weighted by atomic mass is 35.5. The van der Waals surface area contributed by atoms with Gasteiger partial charge in [0.2, 0.25) is 0 Å². The second kappa shape index (κ2) is 4.09. The lowest BCUT2D eigenvalue weighted by Crippen LogP contribution is -2.26. The van der Waals surface area contributed by atoms with E-state index in [2.05, 4.69) is 9.74 Å². The van der Waals surface area contributed by atoms with Gasteiger partial charge in [0, 0.05) is 13.1 Å².